The van der Waals surface area contributed by atoms with E-state index in [1.54, 1.807) is 0 Å². The number of esters is 1. The Bertz CT molecular complexity index is 635. The fraction of sp³-hybridized carbons (Fsp3) is 0.529. The standard InChI is InChI=1S/C17H18ClF3O3/c1-2-24-16(23)15(22)11-8-12(17(19,20)21)14(13(18)9-11)10-6-4-3-5-7-10/h8-10H,2-7H2,1H3. The van der Waals surface area contributed by atoms with Crippen LogP contribution in [0.5, 0.6) is 0 Å². The van der Waals surface area contributed by atoms with E-state index in [0.717, 1.165) is 31.4 Å². The van der Waals surface area contributed by atoms with Gasteiger partial charge in [-0.3, -0.25) is 4.79 Å². The minimum Gasteiger partial charge on any atom is -0.460 e. The number of carbonyl (C=O) groups excluding carboxylic acids is 2. The molecule has 1 aromatic carbocycles. The third-order valence-electron chi connectivity index (χ3n) is 4.17. The van der Waals surface area contributed by atoms with E-state index in [1.807, 2.05) is 0 Å². The van der Waals surface area contributed by atoms with Gasteiger partial charge in [0.1, 0.15) is 0 Å². The molecule has 0 N–H and O–H groups in total. The molecule has 0 unspecified atom stereocenters. The second-order valence-corrected chi connectivity index (χ2v) is 6.21. The minimum atomic E-state index is -4.65. The van der Waals surface area contributed by atoms with Crippen molar-refractivity contribution in [1.82, 2.24) is 0 Å². The fourth-order valence-corrected chi connectivity index (χ4v) is 3.48. The molecule has 1 fully saturated rings. The number of rotatable bonds is 4. The monoisotopic (exact) mass is 362 g/mol. The SMILES string of the molecule is CCOC(=O)C(=O)c1cc(Cl)c(C2CCCCC2)c(C(F)(F)F)c1. The normalized spacial score (nSPS) is 16.0. The maximum Gasteiger partial charge on any atom is 0.416 e. The lowest BCUT2D eigenvalue weighted by atomic mass is 9.81. The highest BCUT2D eigenvalue weighted by atomic mass is 35.5. The summed E-state index contributed by atoms with van der Waals surface area (Å²) in [4.78, 5) is 23.5. The molecule has 1 aromatic rings. The summed E-state index contributed by atoms with van der Waals surface area (Å²) in [6.45, 7) is 1.47. The first kappa shape index (κ1) is 18.8. The van der Waals surface area contributed by atoms with Crippen molar-refractivity contribution in [3.05, 3.63) is 33.8 Å². The number of halogens is 4. The molecule has 2 rings (SSSR count). The van der Waals surface area contributed by atoms with Crippen molar-refractivity contribution in [3.8, 4) is 0 Å². The van der Waals surface area contributed by atoms with Gasteiger partial charge in [0.2, 0.25) is 0 Å². The van der Waals surface area contributed by atoms with Crippen LogP contribution in [0.4, 0.5) is 13.2 Å². The molecular weight excluding hydrogens is 345 g/mol. The minimum absolute atomic E-state index is 0.0317. The molecule has 0 aromatic heterocycles. The number of hydrogen-bond acceptors (Lipinski definition) is 3. The lowest BCUT2D eigenvalue weighted by Gasteiger charge is -2.26. The summed E-state index contributed by atoms with van der Waals surface area (Å²) in [5.74, 6) is -2.60. The smallest absolute Gasteiger partial charge is 0.416 e. The Labute approximate surface area is 143 Å². The fourth-order valence-electron chi connectivity index (χ4n) is 3.10. The van der Waals surface area contributed by atoms with Gasteiger partial charge in [0.25, 0.3) is 5.78 Å². The number of ketones is 1. The van der Waals surface area contributed by atoms with Crippen LogP contribution in [0.1, 0.15) is 66.4 Å². The molecule has 3 nitrogen and oxygen atoms in total. The van der Waals surface area contributed by atoms with Crippen LogP contribution in [-0.4, -0.2) is 18.4 Å². The first-order valence-electron chi connectivity index (χ1n) is 7.87. The number of benzene rings is 1. The highest BCUT2D eigenvalue weighted by Gasteiger charge is 2.38. The molecule has 1 saturated carbocycles. The van der Waals surface area contributed by atoms with Gasteiger partial charge in [-0.05, 0) is 43.4 Å². The van der Waals surface area contributed by atoms with Crippen molar-refractivity contribution < 1.29 is 27.5 Å². The molecule has 7 heteroatoms. The Hall–Kier alpha value is -1.56. The zero-order chi connectivity index (χ0) is 17.9. The van der Waals surface area contributed by atoms with E-state index in [9.17, 15) is 22.8 Å². The number of Topliss-reactive ketones (excluding diaryl/α,β-unsaturated/α-hetero) is 1. The third-order valence-corrected chi connectivity index (χ3v) is 4.48. The predicted octanol–water partition coefficient (Wildman–Crippen LogP) is 5.15. The van der Waals surface area contributed by atoms with Gasteiger partial charge in [-0.15, -0.1) is 0 Å². The molecule has 1 aliphatic rings. The first-order chi connectivity index (χ1) is 11.3. The van der Waals surface area contributed by atoms with E-state index in [1.165, 1.54) is 6.92 Å². The van der Waals surface area contributed by atoms with Crippen LogP contribution < -0.4 is 0 Å². The molecule has 0 aliphatic heterocycles. The van der Waals surface area contributed by atoms with Crippen LogP contribution in [0, 0.1) is 0 Å². The zero-order valence-electron chi connectivity index (χ0n) is 13.2. The Morgan fingerprint density at radius 1 is 1.21 bits per heavy atom. The van der Waals surface area contributed by atoms with Gasteiger partial charge in [0.15, 0.2) is 0 Å². The largest absolute Gasteiger partial charge is 0.460 e. The van der Waals surface area contributed by atoms with Crippen LogP contribution in [-0.2, 0) is 15.7 Å². The van der Waals surface area contributed by atoms with Gasteiger partial charge in [0.05, 0.1) is 12.2 Å². The lowest BCUT2D eigenvalue weighted by molar-refractivity contribution is -0.139. The molecule has 24 heavy (non-hydrogen) atoms. The van der Waals surface area contributed by atoms with Crippen LogP contribution in [0.2, 0.25) is 5.02 Å². The highest BCUT2D eigenvalue weighted by molar-refractivity contribution is 6.41. The van der Waals surface area contributed by atoms with Gasteiger partial charge in [-0.2, -0.15) is 13.2 Å². The zero-order valence-corrected chi connectivity index (χ0v) is 14.0. The van der Waals surface area contributed by atoms with Crippen molar-refractivity contribution in [3.63, 3.8) is 0 Å². The summed E-state index contributed by atoms with van der Waals surface area (Å²) in [7, 11) is 0. The number of hydrogen-bond donors (Lipinski definition) is 0. The topological polar surface area (TPSA) is 43.4 Å². The Balaban J connectivity index is 2.49. The van der Waals surface area contributed by atoms with Crippen molar-refractivity contribution >= 4 is 23.4 Å². The Morgan fingerprint density at radius 3 is 2.38 bits per heavy atom. The van der Waals surface area contributed by atoms with E-state index >= 15 is 0 Å². The van der Waals surface area contributed by atoms with Crippen molar-refractivity contribution in [1.29, 1.82) is 0 Å². The molecule has 1 aliphatic carbocycles. The maximum absolute atomic E-state index is 13.5. The molecule has 0 atom stereocenters. The second-order valence-electron chi connectivity index (χ2n) is 5.80. The molecule has 0 radical (unpaired) electrons. The molecule has 132 valence electrons. The average Bonchev–Trinajstić information content (AvgIpc) is 2.53. The summed E-state index contributed by atoms with van der Waals surface area (Å²) >= 11 is 6.10. The predicted molar refractivity (Wildman–Crippen MR) is 83.2 cm³/mol. The molecular formula is C17H18ClF3O3. The van der Waals surface area contributed by atoms with Crippen LogP contribution in [0.25, 0.3) is 0 Å². The number of ether oxygens (including phenoxy) is 1. The summed E-state index contributed by atoms with van der Waals surface area (Å²) in [6, 6.07) is 1.86. The van der Waals surface area contributed by atoms with Gasteiger partial charge in [0, 0.05) is 10.6 Å². The van der Waals surface area contributed by atoms with E-state index < -0.39 is 29.1 Å². The first-order valence-corrected chi connectivity index (χ1v) is 8.25. The summed E-state index contributed by atoms with van der Waals surface area (Å²) in [6.07, 6.45) is -0.693. The summed E-state index contributed by atoms with van der Waals surface area (Å²) in [5.41, 5.74) is -1.30. The molecule has 0 heterocycles. The Morgan fingerprint density at radius 2 is 1.83 bits per heavy atom. The number of alkyl halides is 3. The van der Waals surface area contributed by atoms with E-state index in [0.29, 0.717) is 12.8 Å². The van der Waals surface area contributed by atoms with Gasteiger partial charge in [-0.25, -0.2) is 4.79 Å². The van der Waals surface area contributed by atoms with Crippen LogP contribution in [0.15, 0.2) is 12.1 Å². The molecule has 0 amide bonds. The Kier molecular flexibility index (Phi) is 5.91. The van der Waals surface area contributed by atoms with Crippen LogP contribution >= 0.6 is 11.6 Å². The maximum atomic E-state index is 13.5. The third kappa shape index (κ3) is 4.09. The molecule has 0 saturated heterocycles. The van der Waals surface area contributed by atoms with Crippen molar-refractivity contribution in [2.45, 2.75) is 51.1 Å². The average molecular weight is 363 g/mol. The molecule has 0 bridgehead atoms. The highest BCUT2D eigenvalue weighted by Crippen LogP contribution is 2.44. The quantitative estimate of drug-likeness (QED) is 0.422. The number of carbonyl (C=O) groups is 2. The van der Waals surface area contributed by atoms with E-state index in [2.05, 4.69) is 4.74 Å². The van der Waals surface area contributed by atoms with Gasteiger partial charge in [-0.1, -0.05) is 30.9 Å². The van der Waals surface area contributed by atoms with E-state index in [-0.39, 0.29) is 23.1 Å². The van der Waals surface area contributed by atoms with Gasteiger partial charge >= 0.3 is 12.1 Å². The summed E-state index contributed by atoms with van der Waals surface area (Å²) < 4.78 is 45.0. The molecule has 0 spiro atoms. The summed E-state index contributed by atoms with van der Waals surface area (Å²) in [5, 5.41) is -0.121. The van der Waals surface area contributed by atoms with Gasteiger partial charge < -0.3 is 4.74 Å². The van der Waals surface area contributed by atoms with Crippen molar-refractivity contribution in [2.24, 2.45) is 0 Å². The lowest BCUT2D eigenvalue weighted by Crippen LogP contribution is -2.20. The van der Waals surface area contributed by atoms with E-state index in [4.69, 9.17) is 11.6 Å². The second kappa shape index (κ2) is 7.55. The van der Waals surface area contributed by atoms with Crippen LogP contribution in [0.3, 0.4) is 0 Å². The van der Waals surface area contributed by atoms with Crippen molar-refractivity contribution in [2.75, 3.05) is 6.61 Å².